The van der Waals surface area contributed by atoms with Crippen molar-refractivity contribution in [3.63, 3.8) is 0 Å². The maximum atomic E-state index is 6.30. The largest absolute Gasteiger partial charge is 0.493 e. The second-order valence-electron chi connectivity index (χ2n) is 4.52. The molecular weight excluding hydrogens is 274 g/mol. The Bertz CT molecular complexity index is 569. The smallest absolute Gasteiger partial charge is 0.165 e. The number of halogens is 1. The highest BCUT2D eigenvalue weighted by molar-refractivity contribution is 6.30. The average molecular weight is 292 g/mol. The topological polar surface area (TPSA) is 44.5 Å². The average Bonchev–Trinajstić information content (AvgIpc) is 2.48. The fourth-order valence-corrected chi connectivity index (χ4v) is 2.31. The zero-order valence-corrected chi connectivity index (χ0v) is 12.4. The van der Waals surface area contributed by atoms with E-state index in [0.29, 0.717) is 17.9 Å². The Morgan fingerprint density at radius 1 is 1.05 bits per heavy atom. The molecule has 0 fully saturated rings. The minimum Gasteiger partial charge on any atom is -0.493 e. The number of para-hydroxylation sites is 1. The molecule has 1 unspecified atom stereocenters. The minimum atomic E-state index is -0.166. The van der Waals surface area contributed by atoms with Crippen molar-refractivity contribution in [3.05, 3.63) is 58.6 Å². The van der Waals surface area contributed by atoms with Crippen molar-refractivity contribution in [1.29, 1.82) is 0 Å². The van der Waals surface area contributed by atoms with Gasteiger partial charge in [-0.25, -0.2) is 0 Å². The molecule has 4 heteroatoms. The first-order valence-electron chi connectivity index (χ1n) is 6.36. The van der Waals surface area contributed by atoms with Gasteiger partial charge in [-0.3, -0.25) is 0 Å². The predicted octanol–water partition coefficient (Wildman–Crippen LogP) is 3.60. The van der Waals surface area contributed by atoms with Crippen LogP contribution in [-0.2, 0) is 6.42 Å². The highest BCUT2D eigenvalue weighted by Crippen LogP contribution is 2.34. The molecule has 0 saturated carbocycles. The fraction of sp³-hybridized carbons (Fsp3) is 0.250. The van der Waals surface area contributed by atoms with Gasteiger partial charge >= 0.3 is 0 Å². The van der Waals surface area contributed by atoms with E-state index in [2.05, 4.69) is 0 Å². The van der Waals surface area contributed by atoms with Crippen LogP contribution >= 0.6 is 11.6 Å². The maximum Gasteiger partial charge on any atom is 0.165 e. The van der Waals surface area contributed by atoms with Gasteiger partial charge in [-0.1, -0.05) is 35.9 Å². The summed E-state index contributed by atoms with van der Waals surface area (Å²) in [5.74, 6) is 1.38. The molecule has 0 radical (unpaired) electrons. The third kappa shape index (κ3) is 3.24. The first-order chi connectivity index (χ1) is 9.65. The van der Waals surface area contributed by atoms with Gasteiger partial charge < -0.3 is 15.2 Å². The Morgan fingerprint density at radius 2 is 1.75 bits per heavy atom. The van der Waals surface area contributed by atoms with Gasteiger partial charge in [0.1, 0.15) is 0 Å². The van der Waals surface area contributed by atoms with Gasteiger partial charge in [-0.15, -0.1) is 0 Å². The molecule has 3 nitrogen and oxygen atoms in total. The lowest BCUT2D eigenvalue weighted by Crippen LogP contribution is -2.14. The standard InChI is InChI=1S/C16H18ClNO2/c1-19-15-5-3-4-13(16(15)20-2)14(18)10-11-6-8-12(17)9-7-11/h3-9,14H,10,18H2,1-2H3. The monoisotopic (exact) mass is 291 g/mol. The van der Waals surface area contributed by atoms with Crippen molar-refractivity contribution in [1.82, 2.24) is 0 Å². The van der Waals surface area contributed by atoms with Crippen LogP contribution in [0.2, 0.25) is 5.02 Å². The number of methoxy groups -OCH3 is 2. The van der Waals surface area contributed by atoms with E-state index in [9.17, 15) is 0 Å². The van der Waals surface area contributed by atoms with Gasteiger partial charge in [0.2, 0.25) is 0 Å². The molecule has 2 aromatic rings. The van der Waals surface area contributed by atoms with Gasteiger partial charge in [0, 0.05) is 16.6 Å². The molecule has 2 rings (SSSR count). The Hall–Kier alpha value is -1.71. The number of rotatable bonds is 5. The highest BCUT2D eigenvalue weighted by Gasteiger charge is 2.16. The zero-order valence-electron chi connectivity index (χ0n) is 11.6. The first kappa shape index (κ1) is 14.7. The summed E-state index contributed by atoms with van der Waals surface area (Å²) in [6, 6.07) is 13.3. The molecule has 0 saturated heterocycles. The Balaban J connectivity index is 2.24. The summed E-state index contributed by atoms with van der Waals surface area (Å²) in [6.07, 6.45) is 0.709. The van der Waals surface area contributed by atoms with Crippen LogP contribution in [-0.4, -0.2) is 14.2 Å². The van der Waals surface area contributed by atoms with E-state index in [1.165, 1.54) is 0 Å². The Labute approximate surface area is 124 Å². The van der Waals surface area contributed by atoms with E-state index in [1.54, 1.807) is 14.2 Å². The van der Waals surface area contributed by atoms with Crippen molar-refractivity contribution in [3.8, 4) is 11.5 Å². The van der Waals surface area contributed by atoms with Crippen LogP contribution in [0.25, 0.3) is 0 Å². The summed E-state index contributed by atoms with van der Waals surface area (Å²) in [5, 5.41) is 0.723. The van der Waals surface area contributed by atoms with Crippen molar-refractivity contribution >= 4 is 11.6 Å². The van der Waals surface area contributed by atoms with Crippen LogP contribution in [0.5, 0.6) is 11.5 Å². The normalized spacial score (nSPS) is 12.0. The molecule has 0 aliphatic rings. The summed E-state index contributed by atoms with van der Waals surface area (Å²) in [6.45, 7) is 0. The van der Waals surface area contributed by atoms with Crippen LogP contribution in [0.15, 0.2) is 42.5 Å². The van der Waals surface area contributed by atoms with Gasteiger partial charge in [-0.2, -0.15) is 0 Å². The fourth-order valence-electron chi connectivity index (χ4n) is 2.19. The summed E-state index contributed by atoms with van der Waals surface area (Å²) < 4.78 is 10.7. The molecule has 0 amide bonds. The SMILES string of the molecule is COc1cccc(C(N)Cc2ccc(Cl)cc2)c1OC. The molecule has 0 aromatic heterocycles. The van der Waals surface area contributed by atoms with Gasteiger partial charge in [-0.05, 0) is 30.2 Å². The third-order valence-electron chi connectivity index (χ3n) is 3.20. The molecule has 0 aliphatic heterocycles. The second-order valence-corrected chi connectivity index (χ2v) is 4.96. The Kier molecular flexibility index (Phi) is 4.88. The van der Waals surface area contributed by atoms with E-state index in [-0.39, 0.29) is 6.04 Å². The Morgan fingerprint density at radius 3 is 2.35 bits per heavy atom. The first-order valence-corrected chi connectivity index (χ1v) is 6.74. The van der Waals surface area contributed by atoms with E-state index in [1.807, 2.05) is 42.5 Å². The number of nitrogens with two attached hydrogens (primary N) is 1. The number of hydrogen-bond acceptors (Lipinski definition) is 3. The molecule has 106 valence electrons. The summed E-state index contributed by atoms with van der Waals surface area (Å²) in [4.78, 5) is 0. The van der Waals surface area contributed by atoms with Gasteiger partial charge in [0.05, 0.1) is 14.2 Å². The van der Waals surface area contributed by atoms with E-state index in [4.69, 9.17) is 26.8 Å². The molecule has 0 heterocycles. The van der Waals surface area contributed by atoms with E-state index in [0.717, 1.165) is 16.1 Å². The van der Waals surface area contributed by atoms with Crippen LogP contribution in [0, 0.1) is 0 Å². The van der Waals surface area contributed by atoms with Crippen LogP contribution in [0.3, 0.4) is 0 Å². The summed E-state index contributed by atoms with van der Waals surface area (Å²) >= 11 is 5.88. The van der Waals surface area contributed by atoms with Crippen molar-refractivity contribution in [2.45, 2.75) is 12.5 Å². The molecule has 0 aliphatic carbocycles. The molecule has 2 aromatic carbocycles. The summed E-state index contributed by atoms with van der Waals surface area (Å²) in [7, 11) is 3.24. The lowest BCUT2D eigenvalue weighted by Gasteiger charge is -2.18. The molecular formula is C16H18ClNO2. The maximum absolute atomic E-state index is 6.30. The number of benzene rings is 2. The van der Waals surface area contributed by atoms with Gasteiger partial charge in [0.15, 0.2) is 11.5 Å². The lowest BCUT2D eigenvalue weighted by atomic mass is 9.98. The third-order valence-corrected chi connectivity index (χ3v) is 3.45. The van der Waals surface area contributed by atoms with Gasteiger partial charge in [0.25, 0.3) is 0 Å². The van der Waals surface area contributed by atoms with E-state index < -0.39 is 0 Å². The molecule has 0 spiro atoms. The highest BCUT2D eigenvalue weighted by atomic mass is 35.5. The van der Waals surface area contributed by atoms with Crippen molar-refractivity contribution in [2.75, 3.05) is 14.2 Å². The van der Waals surface area contributed by atoms with Crippen molar-refractivity contribution in [2.24, 2.45) is 5.73 Å². The summed E-state index contributed by atoms with van der Waals surface area (Å²) in [5.41, 5.74) is 8.36. The quantitative estimate of drug-likeness (QED) is 0.915. The van der Waals surface area contributed by atoms with Crippen molar-refractivity contribution < 1.29 is 9.47 Å². The van der Waals surface area contributed by atoms with E-state index >= 15 is 0 Å². The van der Waals surface area contributed by atoms with Crippen LogP contribution in [0.4, 0.5) is 0 Å². The minimum absolute atomic E-state index is 0.166. The number of ether oxygens (including phenoxy) is 2. The van der Waals surface area contributed by atoms with Crippen LogP contribution < -0.4 is 15.2 Å². The molecule has 2 N–H and O–H groups in total. The second kappa shape index (κ2) is 6.64. The molecule has 1 atom stereocenters. The van der Waals surface area contributed by atoms with Crippen LogP contribution in [0.1, 0.15) is 17.2 Å². The molecule has 20 heavy (non-hydrogen) atoms. The zero-order chi connectivity index (χ0) is 14.5. The lowest BCUT2D eigenvalue weighted by molar-refractivity contribution is 0.349. The molecule has 0 bridgehead atoms. The predicted molar refractivity (Wildman–Crippen MR) is 81.6 cm³/mol. The number of hydrogen-bond donors (Lipinski definition) is 1.